The molecule has 22 heavy (non-hydrogen) atoms. The SMILES string of the molecule is O=C(Cc1c[nH]c2ccccc12)NCCC1NC(=O)NC1=O. The Bertz CT molecular complexity index is 737. The van der Waals surface area contributed by atoms with Crippen LogP contribution in [-0.2, 0) is 16.0 Å². The molecule has 0 bridgehead atoms. The van der Waals surface area contributed by atoms with Gasteiger partial charge in [0.25, 0.3) is 5.91 Å². The Kier molecular flexibility index (Phi) is 3.78. The van der Waals surface area contributed by atoms with Crippen molar-refractivity contribution < 1.29 is 14.4 Å². The highest BCUT2D eigenvalue weighted by atomic mass is 16.2. The molecule has 1 unspecified atom stereocenters. The highest BCUT2D eigenvalue weighted by molar-refractivity contribution is 6.04. The van der Waals surface area contributed by atoms with Crippen LogP contribution in [0.4, 0.5) is 4.79 Å². The summed E-state index contributed by atoms with van der Waals surface area (Å²) in [5.74, 6) is -0.467. The van der Waals surface area contributed by atoms with E-state index in [2.05, 4.69) is 20.9 Å². The van der Waals surface area contributed by atoms with E-state index in [1.807, 2.05) is 30.5 Å². The summed E-state index contributed by atoms with van der Waals surface area (Å²) in [4.78, 5) is 37.4. The van der Waals surface area contributed by atoms with Gasteiger partial charge in [-0.15, -0.1) is 0 Å². The van der Waals surface area contributed by atoms with Crippen molar-refractivity contribution in [3.05, 3.63) is 36.0 Å². The number of imide groups is 1. The first-order chi connectivity index (χ1) is 10.6. The Hall–Kier alpha value is -2.83. The van der Waals surface area contributed by atoms with Crippen LogP contribution in [0.2, 0.25) is 0 Å². The number of nitrogens with one attached hydrogen (secondary N) is 4. The normalized spacial score (nSPS) is 17.4. The predicted octanol–water partition coefficient (Wildman–Crippen LogP) is 0.425. The molecule has 7 nitrogen and oxygen atoms in total. The summed E-state index contributed by atoms with van der Waals surface area (Å²) >= 11 is 0. The second kappa shape index (κ2) is 5.88. The van der Waals surface area contributed by atoms with Gasteiger partial charge < -0.3 is 15.6 Å². The van der Waals surface area contributed by atoms with Gasteiger partial charge in [-0.2, -0.15) is 0 Å². The number of aromatic nitrogens is 1. The molecular formula is C15H16N4O3. The van der Waals surface area contributed by atoms with Gasteiger partial charge in [-0.3, -0.25) is 14.9 Å². The molecule has 1 fully saturated rings. The average molecular weight is 300 g/mol. The van der Waals surface area contributed by atoms with Gasteiger partial charge in [0.2, 0.25) is 5.91 Å². The molecule has 114 valence electrons. The van der Waals surface area contributed by atoms with Crippen LogP contribution in [0, 0.1) is 0 Å². The summed E-state index contributed by atoms with van der Waals surface area (Å²) in [6.07, 6.45) is 2.47. The smallest absolute Gasteiger partial charge is 0.322 e. The fraction of sp³-hybridized carbons (Fsp3) is 0.267. The third kappa shape index (κ3) is 2.93. The molecule has 1 aliphatic rings. The lowest BCUT2D eigenvalue weighted by atomic mass is 10.1. The number of carbonyl (C=O) groups excluding carboxylic acids is 3. The van der Waals surface area contributed by atoms with Crippen molar-refractivity contribution in [2.45, 2.75) is 18.9 Å². The Labute approximate surface area is 126 Å². The first kappa shape index (κ1) is 14.1. The molecule has 2 aromatic rings. The number of para-hydroxylation sites is 1. The van der Waals surface area contributed by atoms with Crippen molar-refractivity contribution in [1.29, 1.82) is 0 Å². The van der Waals surface area contributed by atoms with E-state index in [0.29, 0.717) is 13.0 Å². The minimum atomic E-state index is -0.569. The quantitative estimate of drug-likeness (QED) is 0.602. The summed E-state index contributed by atoms with van der Waals surface area (Å²) in [6.45, 7) is 0.333. The first-order valence-corrected chi connectivity index (χ1v) is 7.06. The maximum absolute atomic E-state index is 12.0. The van der Waals surface area contributed by atoms with Crippen molar-refractivity contribution in [3.8, 4) is 0 Å². The van der Waals surface area contributed by atoms with E-state index < -0.39 is 12.1 Å². The fourth-order valence-electron chi connectivity index (χ4n) is 2.53. The standard InChI is InChI=1S/C15H16N4O3/c20-13(16-6-5-12-14(21)19-15(22)18-12)7-9-8-17-11-4-2-1-3-10(9)11/h1-4,8,12,17H,5-7H2,(H,16,20)(H2,18,19,21,22). The van der Waals surface area contributed by atoms with Gasteiger partial charge in [0.05, 0.1) is 6.42 Å². The topological polar surface area (TPSA) is 103 Å². The Morgan fingerprint density at radius 1 is 1.23 bits per heavy atom. The van der Waals surface area contributed by atoms with Crippen LogP contribution in [0.5, 0.6) is 0 Å². The van der Waals surface area contributed by atoms with E-state index in [0.717, 1.165) is 16.5 Å². The molecule has 1 aromatic carbocycles. The molecule has 0 aliphatic carbocycles. The van der Waals surface area contributed by atoms with Crippen LogP contribution < -0.4 is 16.0 Å². The highest BCUT2D eigenvalue weighted by Crippen LogP contribution is 2.17. The molecule has 3 rings (SSSR count). The molecule has 4 N–H and O–H groups in total. The monoisotopic (exact) mass is 300 g/mol. The number of aromatic amines is 1. The number of hydrogen-bond acceptors (Lipinski definition) is 3. The van der Waals surface area contributed by atoms with Crippen LogP contribution in [0.1, 0.15) is 12.0 Å². The Balaban J connectivity index is 1.51. The highest BCUT2D eigenvalue weighted by Gasteiger charge is 2.28. The van der Waals surface area contributed by atoms with Gasteiger partial charge in [0.15, 0.2) is 0 Å². The molecule has 1 saturated heterocycles. The van der Waals surface area contributed by atoms with Crippen molar-refractivity contribution in [1.82, 2.24) is 20.9 Å². The largest absolute Gasteiger partial charge is 0.361 e. The van der Waals surface area contributed by atoms with E-state index in [-0.39, 0.29) is 18.2 Å². The minimum absolute atomic E-state index is 0.116. The molecule has 0 radical (unpaired) electrons. The van der Waals surface area contributed by atoms with E-state index in [1.165, 1.54) is 0 Å². The molecule has 0 spiro atoms. The maximum Gasteiger partial charge on any atom is 0.322 e. The van der Waals surface area contributed by atoms with Gasteiger partial charge in [-0.1, -0.05) is 18.2 Å². The fourth-order valence-corrected chi connectivity index (χ4v) is 2.53. The molecule has 1 aliphatic heterocycles. The number of carbonyl (C=O) groups is 3. The third-order valence-electron chi connectivity index (χ3n) is 3.64. The molecule has 1 atom stereocenters. The van der Waals surface area contributed by atoms with E-state index >= 15 is 0 Å². The minimum Gasteiger partial charge on any atom is -0.361 e. The second-order valence-corrected chi connectivity index (χ2v) is 5.19. The molecule has 0 saturated carbocycles. The number of benzene rings is 1. The zero-order valence-electron chi connectivity index (χ0n) is 11.8. The van der Waals surface area contributed by atoms with Crippen molar-refractivity contribution in [2.24, 2.45) is 0 Å². The zero-order valence-corrected chi connectivity index (χ0v) is 11.8. The third-order valence-corrected chi connectivity index (χ3v) is 3.64. The van der Waals surface area contributed by atoms with Gasteiger partial charge in [0.1, 0.15) is 6.04 Å². The summed E-state index contributed by atoms with van der Waals surface area (Å²) < 4.78 is 0. The van der Waals surface area contributed by atoms with Crippen molar-refractivity contribution >= 4 is 28.7 Å². The number of H-pyrrole nitrogens is 1. The average Bonchev–Trinajstić information content (AvgIpc) is 3.03. The summed E-state index contributed by atoms with van der Waals surface area (Å²) in [6, 6.07) is 6.73. The number of hydrogen-bond donors (Lipinski definition) is 4. The first-order valence-electron chi connectivity index (χ1n) is 7.06. The van der Waals surface area contributed by atoms with Crippen molar-refractivity contribution in [2.75, 3.05) is 6.54 Å². The second-order valence-electron chi connectivity index (χ2n) is 5.19. The van der Waals surface area contributed by atoms with Crippen LogP contribution in [-0.4, -0.2) is 35.4 Å². The van der Waals surface area contributed by atoms with E-state index in [9.17, 15) is 14.4 Å². The lowest BCUT2D eigenvalue weighted by Crippen LogP contribution is -2.35. The Morgan fingerprint density at radius 3 is 2.82 bits per heavy atom. The van der Waals surface area contributed by atoms with Gasteiger partial charge in [0, 0.05) is 23.6 Å². The molecule has 2 heterocycles. The van der Waals surface area contributed by atoms with Crippen LogP contribution in [0.3, 0.4) is 0 Å². The van der Waals surface area contributed by atoms with Gasteiger partial charge in [-0.25, -0.2) is 4.79 Å². The van der Waals surface area contributed by atoms with Crippen LogP contribution in [0.15, 0.2) is 30.5 Å². The predicted molar refractivity (Wildman–Crippen MR) is 80.1 cm³/mol. The number of fused-ring (bicyclic) bond motifs is 1. The lowest BCUT2D eigenvalue weighted by Gasteiger charge is -2.08. The molecule has 7 heteroatoms. The number of rotatable bonds is 5. The van der Waals surface area contributed by atoms with E-state index in [1.54, 1.807) is 0 Å². The lowest BCUT2D eigenvalue weighted by molar-refractivity contribution is -0.122. The summed E-state index contributed by atoms with van der Waals surface area (Å²) in [5.41, 5.74) is 1.93. The molecule has 1 aromatic heterocycles. The number of urea groups is 1. The number of amides is 4. The summed E-state index contributed by atoms with van der Waals surface area (Å²) in [7, 11) is 0. The van der Waals surface area contributed by atoms with Crippen LogP contribution >= 0.6 is 0 Å². The van der Waals surface area contributed by atoms with Crippen molar-refractivity contribution in [3.63, 3.8) is 0 Å². The van der Waals surface area contributed by atoms with E-state index in [4.69, 9.17) is 0 Å². The molecular weight excluding hydrogens is 284 g/mol. The summed E-state index contributed by atoms with van der Waals surface area (Å²) in [5, 5.41) is 8.44. The maximum atomic E-state index is 12.0. The Morgan fingerprint density at radius 2 is 2.05 bits per heavy atom. The molecule has 4 amide bonds. The zero-order chi connectivity index (χ0) is 15.5. The van der Waals surface area contributed by atoms with Crippen LogP contribution in [0.25, 0.3) is 10.9 Å². The van der Waals surface area contributed by atoms with Gasteiger partial charge >= 0.3 is 6.03 Å². The van der Waals surface area contributed by atoms with Gasteiger partial charge in [-0.05, 0) is 18.1 Å².